The highest BCUT2D eigenvalue weighted by atomic mass is 79.9. The van der Waals surface area contributed by atoms with Crippen LogP contribution < -0.4 is 0 Å². The molecule has 20 heavy (non-hydrogen) atoms. The van der Waals surface area contributed by atoms with Crippen LogP contribution in [0.15, 0.2) is 39.3 Å². The largest absolute Gasteiger partial charge is 0.330 e. The van der Waals surface area contributed by atoms with E-state index >= 15 is 0 Å². The summed E-state index contributed by atoms with van der Waals surface area (Å²) in [5.74, 6) is 0. The van der Waals surface area contributed by atoms with Gasteiger partial charge in [-0.05, 0) is 67.5 Å². The number of benzene rings is 2. The molecule has 0 unspecified atom stereocenters. The van der Waals surface area contributed by atoms with Crippen LogP contribution in [0.2, 0.25) is 0 Å². The van der Waals surface area contributed by atoms with Gasteiger partial charge in [-0.25, -0.2) is 0 Å². The SMILES string of the molecule is Cc1cc(Br)cc(C)c1-n1c(=S)[nH]c2cc(Br)ccc21. The Morgan fingerprint density at radius 3 is 2.30 bits per heavy atom. The molecule has 1 N–H and O–H groups in total. The van der Waals surface area contributed by atoms with E-state index in [2.05, 4.69) is 73.5 Å². The maximum atomic E-state index is 5.51. The van der Waals surface area contributed by atoms with Crippen molar-refractivity contribution in [2.45, 2.75) is 13.8 Å². The summed E-state index contributed by atoms with van der Waals surface area (Å²) in [6.45, 7) is 4.21. The van der Waals surface area contributed by atoms with Crippen molar-refractivity contribution >= 4 is 55.1 Å². The minimum Gasteiger partial charge on any atom is -0.330 e. The third kappa shape index (κ3) is 2.28. The normalized spacial score (nSPS) is 11.2. The standard InChI is InChI=1S/C15H12Br2N2S/c1-8-5-11(17)6-9(2)14(8)19-13-4-3-10(16)7-12(13)18-15(19)20/h3-7H,1-2H3,(H,18,20). The summed E-state index contributed by atoms with van der Waals surface area (Å²) in [5.41, 5.74) is 5.65. The number of nitrogens with zero attached hydrogens (tertiary/aromatic N) is 1. The molecule has 1 aromatic heterocycles. The molecule has 0 aliphatic rings. The molecule has 3 rings (SSSR count). The predicted octanol–water partition coefficient (Wildman–Crippen LogP) is 5.83. The fourth-order valence-corrected chi connectivity index (χ4v) is 3.91. The topological polar surface area (TPSA) is 20.7 Å². The Hall–Kier alpha value is -0.910. The molecule has 0 atom stereocenters. The lowest BCUT2D eigenvalue weighted by Gasteiger charge is -2.13. The van der Waals surface area contributed by atoms with E-state index in [1.54, 1.807) is 0 Å². The highest BCUT2D eigenvalue weighted by molar-refractivity contribution is 9.10. The van der Waals surface area contributed by atoms with Gasteiger partial charge >= 0.3 is 0 Å². The zero-order valence-corrected chi connectivity index (χ0v) is 15.0. The first-order valence-electron chi connectivity index (χ1n) is 6.15. The van der Waals surface area contributed by atoms with Crippen molar-refractivity contribution in [1.82, 2.24) is 9.55 Å². The number of H-pyrrole nitrogens is 1. The van der Waals surface area contributed by atoms with Crippen LogP contribution in [0.1, 0.15) is 11.1 Å². The average Bonchev–Trinajstić information content (AvgIpc) is 2.64. The first-order valence-corrected chi connectivity index (χ1v) is 8.14. The van der Waals surface area contributed by atoms with E-state index in [1.807, 2.05) is 12.1 Å². The maximum absolute atomic E-state index is 5.51. The first kappa shape index (κ1) is 14.0. The number of aromatic amines is 1. The monoisotopic (exact) mass is 410 g/mol. The van der Waals surface area contributed by atoms with Crippen molar-refractivity contribution in [2.75, 3.05) is 0 Å². The molecule has 0 radical (unpaired) electrons. The molecule has 0 aliphatic carbocycles. The van der Waals surface area contributed by atoms with Crippen LogP contribution in [0, 0.1) is 18.6 Å². The Balaban J connectivity index is 2.41. The Morgan fingerprint density at radius 2 is 1.65 bits per heavy atom. The fraction of sp³-hybridized carbons (Fsp3) is 0.133. The molecule has 0 fully saturated rings. The van der Waals surface area contributed by atoms with Gasteiger partial charge in [0.1, 0.15) is 0 Å². The smallest absolute Gasteiger partial charge is 0.182 e. The van der Waals surface area contributed by atoms with Gasteiger partial charge in [0.25, 0.3) is 0 Å². The highest BCUT2D eigenvalue weighted by Gasteiger charge is 2.12. The second-order valence-corrected chi connectivity index (χ2v) is 7.03. The van der Waals surface area contributed by atoms with Gasteiger partial charge in [-0.1, -0.05) is 31.9 Å². The van der Waals surface area contributed by atoms with E-state index in [4.69, 9.17) is 12.2 Å². The van der Waals surface area contributed by atoms with Crippen LogP contribution in [0.25, 0.3) is 16.7 Å². The first-order chi connectivity index (χ1) is 9.47. The van der Waals surface area contributed by atoms with E-state index in [-0.39, 0.29) is 0 Å². The zero-order chi connectivity index (χ0) is 14.4. The number of fused-ring (bicyclic) bond motifs is 1. The molecular formula is C15H12Br2N2S. The Bertz CT molecular complexity index is 854. The summed E-state index contributed by atoms with van der Waals surface area (Å²) >= 11 is 12.5. The van der Waals surface area contributed by atoms with Crippen molar-refractivity contribution in [1.29, 1.82) is 0 Å². The summed E-state index contributed by atoms with van der Waals surface area (Å²) in [4.78, 5) is 3.27. The molecule has 0 saturated heterocycles. The van der Waals surface area contributed by atoms with E-state index < -0.39 is 0 Å². The molecular weight excluding hydrogens is 400 g/mol. The molecule has 0 bridgehead atoms. The van der Waals surface area contributed by atoms with Crippen LogP contribution in [0.4, 0.5) is 0 Å². The lowest BCUT2D eigenvalue weighted by atomic mass is 10.1. The lowest BCUT2D eigenvalue weighted by Crippen LogP contribution is -2.00. The molecule has 5 heteroatoms. The van der Waals surface area contributed by atoms with Crippen molar-refractivity contribution in [2.24, 2.45) is 0 Å². The Kier molecular flexibility index (Phi) is 3.60. The van der Waals surface area contributed by atoms with E-state index in [9.17, 15) is 0 Å². The van der Waals surface area contributed by atoms with Crippen molar-refractivity contribution in [3.8, 4) is 5.69 Å². The minimum absolute atomic E-state index is 0.714. The van der Waals surface area contributed by atoms with Crippen LogP contribution >= 0.6 is 44.1 Å². The number of hydrogen-bond donors (Lipinski definition) is 1. The summed E-state index contributed by atoms with van der Waals surface area (Å²) in [7, 11) is 0. The van der Waals surface area contributed by atoms with E-state index in [0.717, 1.165) is 25.7 Å². The molecule has 0 amide bonds. The van der Waals surface area contributed by atoms with Gasteiger partial charge in [-0.15, -0.1) is 0 Å². The molecule has 1 heterocycles. The third-order valence-corrected chi connectivity index (χ3v) is 4.56. The van der Waals surface area contributed by atoms with Crippen molar-refractivity contribution in [3.05, 3.63) is 55.2 Å². The van der Waals surface area contributed by atoms with Crippen LogP contribution in [0.5, 0.6) is 0 Å². The molecule has 0 aliphatic heterocycles. The molecule has 2 aromatic carbocycles. The second kappa shape index (κ2) is 5.13. The number of aryl methyl sites for hydroxylation is 2. The second-order valence-electron chi connectivity index (χ2n) is 4.82. The average molecular weight is 412 g/mol. The van der Waals surface area contributed by atoms with Crippen molar-refractivity contribution < 1.29 is 0 Å². The molecule has 102 valence electrons. The number of imidazole rings is 1. The predicted molar refractivity (Wildman–Crippen MR) is 93.3 cm³/mol. The van der Waals surface area contributed by atoms with Gasteiger partial charge < -0.3 is 4.98 Å². The molecule has 0 saturated carbocycles. The number of rotatable bonds is 1. The van der Waals surface area contributed by atoms with E-state index in [1.165, 1.54) is 11.1 Å². The quantitative estimate of drug-likeness (QED) is 0.499. The summed E-state index contributed by atoms with van der Waals surface area (Å²) in [5, 5.41) is 0. The number of aromatic nitrogens is 2. The maximum Gasteiger partial charge on any atom is 0.182 e. The van der Waals surface area contributed by atoms with E-state index in [0.29, 0.717) is 4.77 Å². The van der Waals surface area contributed by atoms with Crippen LogP contribution in [-0.4, -0.2) is 9.55 Å². The van der Waals surface area contributed by atoms with Crippen LogP contribution in [0.3, 0.4) is 0 Å². The van der Waals surface area contributed by atoms with Gasteiger partial charge in [-0.3, -0.25) is 4.57 Å². The number of halogens is 2. The van der Waals surface area contributed by atoms with Gasteiger partial charge in [-0.2, -0.15) is 0 Å². The number of hydrogen-bond acceptors (Lipinski definition) is 1. The van der Waals surface area contributed by atoms with Crippen LogP contribution in [-0.2, 0) is 0 Å². The Morgan fingerprint density at radius 1 is 1.00 bits per heavy atom. The van der Waals surface area contributed by atoms with Crippen molar-refractivity contribution in [3.63, 3.8) is 0 Å². The summed E-state index contributed by atoms with van der Waals surface area (Å²) in [6.07, 6.45) is 0. The fourth-order valence-electron chi connectivity index (χ4n) is 2.56. The molecule has 2 nitrogen and oxygen atoms in total. The van der Waals surface area contributed by atoms with Gasteiger partial charge in [0.05, 0.1) is 16.7 Å². The molecule has 3 aromatic rings. The highest BCUT2D eigenvalue weighted by Crippen LogP contribution is 2.28. The number of nitrogens with one attached hydrogen (secondary N) is 1. The third-order valence-electron chi connectivity index (χ3n) is 3.32. The van der Waals surface area contributed by atoms with Gasteiger partial charge in [0, 0.05) is 8.95 Å². The lowest BCUT2D eigenvalue weighted by molar-refractivity contribution is 1.03. The van der Waals surface area contributed by atoms with Gasteiger partial charge in [0.15, 0.2) is 4.77 Å². The minimum atomic E-state index is 0.714. The molecule has 0 spiro atoms. The van der Waals surface area contributed by atoms with Gasteiger partial charge in [0.2, 0.25) is 0 Å². The summed E-state index contributed by atoms with van der Waals surface area (Å²) in [6, 6.07) is 10.4. The zero-order valence-electron chi connectivity index (χ0n) is 11.0. The summed E-state index contributed by atoms with van der Waals surface area (Å²) < 4.78 is 4.95. The Labute approximate surface area is 139 Å².